The zero-order chi connectivity index (χ0) is 25.7. The van der Waals surface area contributed by atoms with Gasteiger partial charge in [-0.3, -0.25) is 4.79 Å². The summed E-state index contributed by atoms with van der Waals surface area (Å²) in [4.78, 5) is 16.8. The summed E-state index contributed by atoms with van der Waals surface area (Å²) in [6, 6.07) is 26.0. The molecule has 184 valence electrons. The number of rotatable bonds is 8. The molecule has 3 nitrogen and oxygen atoms in total. The van der Waals surface area contributed by atoms with E-state index in [4.69, 9.17) is 16.6 Å². The van der Waals surface area contributed by atoms with Crippen LogP contribution < -0.4 is 0 Å². The van der Waals surface area contributed by atoms with Gasteiger partial charge in [-0.15, -0.1) is 0 Å². The molecule has 3 aromatic carbocycles. The molecule has 0 aliphatic rings. The Balaban J connectivity index is 1.55. The molecule has 0 amide bonds. The Morgan fingerprint density at radius 3 is 2.58 bits per heavy atom. The van der Waals surface area contributed by atoms with E-state index in [1.165, 1.54) is 11.8 Å². The number of thioether (sulfide) groups is 1. The van der Waals surface area contributed by atoms with Gasteiger partial charge < -0.3 is 5.11 Å². The molecule has 1 heterocycles. The third-order valence-corrected chi connectivity index (χ3v) is 7.42. The minimum absolute atomic E-state index is 0.0200. The Bertz CT molecular complexity index is 1410. The van der Waals surface area contributed by atoms with Crippen LogP contribution in [0, 0.1) is 0 Å². The van der Waals surface area contributed by atoms with Gasteiger partial charge in [0.15, 0.2) is 5.12 Å². The van der Waals surface area contributed by atoms with E-state index in [2.05, 4.69) is 24.3 Å². The van der Waals surface area contributed by atoms with Gasteiger partial charge in [0.2, 0.25) is 0 Å². The van der Waals surface area contributed by atoms with E-state index in [0.29, 0.717) is 5.02 Å². The quantitative estimate of drug-likeness (QED) is 0.256. The van der Waals surface area contributed by atoms with Gasteiger partial charge in [-0.05, 0) is 73.2 Å². The lowest BCUT2D eigenvalue weighted by molar-refractivity contribution is -0.109. The minimum atomic E-state index is -0.910. The van der Waals surface area contributed by atoms with Crippen molar-refractivity contribution >= 4 is 51.5 Å². The largest absolute Gasteiger partial charge is 0.386 e. The van der Waals surface area contributed by atoms with Crippen molar-refractivity contribution in [3.05, 3.63) is 112 Å². The van der Waals surface area contributed by atoms with E-state index in [0.717, 1.165) is 51.7 Å². The van der Waals surface area contributed by atoms with Gasteiger partial charge in [-0.1, -0.05) is 90.1 Å². The summed E-state index contributed by atoms with van der Waals surface area (Å²) in [5.41, 5.74) is 5.00. The molecule has 5 heteroatoms. The molecule has 0 radical (unpaired) electrons. The Morgan fingerprint density at radius 1 is 1.03 bits per heavy atom. The SMILES string of the molecule is CC(=O)SC(CCc1ccccc1C(C)(C)O)c1cccc(C=Cc2ccc3ccc(Cl)cc3n2)c1. The number of halogens is 1. The van der Waals surface area contributed by atoms with Crippen LogP contribution in [0.25, 0.3) is 23.1 Å². The first-order valence-corrected chi connectivity index (χ1v) is 13.3. The highest BCUT2D eigenvalue weighted by Crippen LogP contribution is 2.36. The smallest absolute Gasteiger partial charge is 0.186 e. The summed E-state index contributed by atoms with van der Waals surface area (Å²) in [6.07, 6.45) is 5.60. The van der Waals surface area contributed by atoms with Crippen molar-refractivity contribution in [1.82, 2.24) is 4.98 Å². The van der Waals surface area contributed by atoms with E-state index < -0.39 is 5.60 Å². The van der Waals surface area contributed by atoms with Crippen LogP contribution in [0.15, 0.2) is 78.9 Å². The number of fused-ring (bicyclic) bond motifs is 1. The first-order valence-electron chi connectivity index (χ1n) is 12.0. The monoisotopic (exact) mass is 515 g/mol. The summed E-state index contributed by atoms with van der Waals surface area (Å²) in [5.74, 6) is 0. The molecule has 0 spiro atoms. The lowest BCUT2D eigenvalue weighted by Gasteiger charge is -2.23. The van der Waals surface area contributed by atoms with Gasteiger partial charge in [0.1, 0.15) is 0 Å². The number of hydrogen-bond donors (Lipinski definition) is 1. The van der Waals surface area contributed by atoms with Crippen LogP contribution in [0.5, 0.6) is 0 Å². The maximum atomic E-state index is 12.1. The summed E-state index contributed by atoms with van der Waals surface area (Å²) in [5, 5.41) is 12.4. The Hall–Kier alpha value is -2.92. The molecule has 1 aromatic heterocycles. The number of pyridine rings is 1. The van der Waals surface area contributed by atoms with Crippen LogP contribution in [0.3, 0.4) is 0 Å². The average Bonchev–Trinajstić information content (AvgIpc) is 2.84. The molecule has 1 N–H and O–H groups in total. The van der Waals surface area contributed by atoms with Crippen molar-refractivity contribution in [2.24, 2.45) is 0 Å². The van der Waals surface area contributed by atoms with Crippen molar-refractivity contribution in [3.8, 4) is 0 Å². The third-order valence-electron chi connectivity index (χ3n) is 6.07. The molecule has 1 unspecified atom stereocenters. The molecular formula is C31H30ClNO2S. The number of nitrogens with zero attached hydrogens (tertiary/aromatic N) is 1. The first-order chi connectivity index (χ1) is 17.2. The van der Waals surface area contributed by atoms with E-state index >= 15 is 0 Å². The Labute approximate surface area is 222 Å². The average molecular weight is 516 g/mol. The van der Waals surface area contributed by atoms with Crippen LogP contribution in [0.1, 0.15) is 60.4 Å². The normalized spacial score (nSPS) is 12.8. The van der Waals surface area contributed by atoms with Gasteiger partial charge >= 0.3 is 0 Å². The van der Waals surface area contributed by atoms with Crippen LogP contribution in [0.4, 0.5) is 0 Å². The topological polar surface area (TPSA) is 50.2 Å². The fourth-order valence-electron chi connectivity index (χ4n) is 4.36. The lowest BCUT2D eigenvalue weighted by atomic mass is 9.90. The molecule has 36 heavy (non-hydrogen) atoms. The van der Waals surface area contributed by atoms with Gasteiger partial charge in [-0.2, -0.15) is 0 Å². The third kappa shape index (κ3) is 6.85. The lowest BCUT2D eigenvalue weighted by Crippen LogP contribution is -2.18. The van der Waals surface area contributed by atoms with Gasteiger partial charge in [-0.25, -0.2) is 4.98 Å². The predicted molar refractivity (Wildman–Crippen MR) is 153 cm³/mol. The standard InChI is InChI=1S/C31H30ClNO2S/c1-21(34)36-30(18-14-23-8-4-5-10-28(23)31(2,3)35)25-9-6-7-22(19-25)11-16-27-17-13-24-12-15-26(32)20-29(24)33-27/h4-13,15-17,19-20,30,35H,14,18H2,1-3H3. The summed E-state index contributed by atoms with van der Waals surface area (Å²) < 4.78 is 0. The molecule has 4 rings (SSSR count). The second-order valence-corrected chi connectivity index (χ2v) is 11.2. The molecular weight excluding hydrogens is 486 g/mol. The van der Waals surface area contributed by atoms with E-state index in [-0.39, 0.29) is 10.4 Å². The van der Waals surface area contributed by atoms with Crippen LogP contribution in [0.2, 0.25) is 5.02 Å². The van der Waals surface area contributed by atoms with Gasteiger partial charge in [0, 0.05) is 22.6 Å². The van der Waals surface area contributed by atoms with E-state index in [1.807, 2.05) is 80.6 Å². The molecule has 0 saturated carbocycles. The highest BCUT2D eigenvalue weighted by Gasteiger charge is 2.21. The molecule has 1 atom stereocenters. The number of aliphatic hydroxyl groups is 1. The fraction of sp³-hybridized carbons (Fsp3) is 0.226. The first kappa shape index (κ1) is 26.2. The number of carbonyl (C=O) groups is 1. The highest BCUT2D eigenvalue weighted by molar-refractivity contribution is 8.13. The number of aromatic nitrogens is 1. The zero-order valence-electron chi connectivity index (χ0n) is 20.7. The number of benzene rings is 3. The summed E-state index contributed by atoms with van der Waals surface area (Å²) >= 11 is 7.49. The Morgan fingerprint density at radius 2 is 1.81 bits per heavy atom. The summed E-state index contributed by atoms with van der Waals surface area (Å²) in [6.45, 7) is 5.23. The van der Waals surface area contributed by atoms with E-state index in [1.54, 1.807) is 6.92 Å². The highest BCUT2D eigenvalue weighted by atomic mass is 35.5. The molecule has 0 bridgehead atoms. The second kappa shape index (κ2) is 11.4. The number of hydrogen-bond acceptors (Lipinski definition) is 4. The van der Waals surface area contributed by atoms with Crippen molar-refractivity contribution in [3.63, 3.8) is 0 Å². The second-order valence-electron chi connectivity index (χ2n) is 9.43. The van der Waals surface area contributed by atoms with Gasteiger partial charge in [0.25, 0.3) is 0 Å². The van der Waals surface area contributed by atoms with Crippen LogP contribution in [-0.4, -0.2) is 15.2 Å². The predicted octanol–water partition coefficient (Wildman–Crippen LogP) is 8.24. The molecule has 4 aromatic rings. The molecule has 0 aliphatic carbocycles. The Kier molecular flexibility index (Phi) is 8.30. The summed E-state index contributed by atoms with van der Waals surface area (Å²) in [7, 11) is 0. The van der Waals surface area contributed by atoms with Gasteiger partial charge in [0.05, 0.1) is 16.8 Å². The number of carbonyl (C=O) groups excluding carboxylic acids is 1. The minimum Gasteiger partial charge on any atom is -0.386 e. The van der Waals surface area contributed by atoms with E-state index in [9.17, 15) is 9.90 Å². The fourth-order valence-corrected chi connectivity index (χ4v) is 5.44. The zero-order valence-corrected chi connectivity index (χ0v) is 22.3. The van der Waals surface area contributed by atoms with Crippen molar-refractivity contribution in [1.29, 1.82) is 0 Å². The van der Waals surface area contributed by atoms with Crippen molar-refractivity contribution < 1.29 is 9.90 Å². The number of aryl methyl sites for hydroxylation is 1. The maximum absolute atomic E-state index is 12.1. The maximum Gasteiger partial charge on any atom is 0.186 e. The van der Waals surface area contributed by atoms with Crippen LogP contribution >= 0.6 is 23.4 Å². The van der Waals surface area contributed by atoms with Crippen molar-refractivity contribution in [2.75, 3.05) is 0 Å². The van der Waals surface area contributed by atoms with Crippen molar-refractivity contribution in [2.45, 2.75) is 44.5 Å². The molecule has 0 saturated heterocycles. The molecule has 0 fully saturated rings. The van der Waals surface area contributed by atoms with Crippen LogP contribution in [-0.2, 0) is 16.8 Å². The molecule has 0 aliphatic heterocycles.